The van der Waals surface area contributed by atoms with Crippen LogP contribution in [-0.4, -0.2) is 10.9 Å². The summed E-state index contributed by atoms with van der Waals surface area (Å²) in [4.78, 5) is 17.2. The number of nitrogens with zero attached hydrogens (tertiary/aromatic N) is 1. The zero-order chi connectivity index (χ0) is 23.3. The summed E-state index contributed by atoms with van der Waals surface area (Å²) >= 11 is 0. The van der Waals surface area contributed by atoms with Gasteiger partial charge < -0.3 is 10.6 Å². The minimum absolute atomic E-state index is 0.000966. The Kier molecular flexibility index (Phi) is 7.38. The lowest BCUT2D eigenvalue weighted by atomic mass is 9.97. The summed E-state index contributed by atoms with van der Waals surface area (Å²) in [5.74, 6) is 0.484. The number of rotatable bonds is 8. The Balaban J connectivity index is 1.82. The molecule has 3 rings (SSSR count). The number of nitrogens with one attached hydrogen (secondary N) is 2. The fourth-order valence-electron chi connectivity index (χ4n) is 3.80. The quantitative estimate of drug-likeness (QED) is 0.380. The zero-order valence-corrected chi connectivity index (χ0v) is 18.5. The molecule has 0 bridgehead atoms. The molecule has 0 saturated heterocycles. The summed E-state index contributed by atoms with van der Waals surface area (Å²) in [6.45, 7) is 6.06. The van der Waals surface area contributed by atoms with Crippen LogP contribution in [0.15, 0.2) is 48.5 Å². The predicted octanol–water partition coefficient (Wildman–Crippen LogP) is 7.46. The Hall–Kier alpha value is -3.09. The van der Waals surface area contributed by atoms with Crippen LogP contribution in [0.5, 0.6) is 0 Å². The molecule has 0 aliphatic heterocycles. The van der Waals surface area contributed by atoms with Gasteiger partial charge in [-0.25, -0.2) is 4.98 Å². The normalized spacial score (nSPS) is 11.7. The van der Waals surface area contributed by atoms with E-state index < -0.39 is 11.7 Å². The Bertz CT molecular complexity index is 1090. The zero-order valence-electron chi connectivity index (χ0n) is 18.5. The van der Waals surface area contributed by atoms with E-state index in [4.69, 9.17) is 0 Å². The van der Waals surface area contributed by atoms with Gasteiger partial charge in [0.05, 0.1) is 11.1 Å². The molecule has 0 radical (unpaired) electrons. The highest BCUT2D eigenvalue weighted by atomic mass is 19.4. The average Bonchev–Trinajstić information content (AvgIpc) is 2.73. The molecule has 0 fully saturated rings. The summed E-state index contributed by atoms with van der Waals surface area (Å²) in [5.41, 5.74) is 1.90. The van der Waals surface area contributed by atoms with Gasteiger partial charge in [-0.3, -0.25) is 4.79 Å². The Morgan fingerprint density at radius 1 is 1.00 bits per heavy atom. The van der Waals surface area contributed by atoms with Gasteiger partial charge in [0, 0.05) is 22.7 Å². The van der Waals surface area contributed by atoms with E-state index >= 15 is 0 Å². The fraction of sp³-hybridized carbons (Fsp3) is 0.360. The van der Waals surface area contributed by atoms with Crippen molar-refractivity contribution in [1.82, 2.24) is 4.98 Å². The van der Waals surface area contributed by atoms with Crippen molar-refractivity contribution < 1.29 is 18.0 Å². The molecule has 0 spiro atoms. The number of halogens is 3. The van der Waals surface area contributed by atoms with Gasteiger partial charge >= 0.3 is 6.18 Å². The standard InChI is InChI=1S/C25H28F3N3O/c1-4-7-17(8-5-2)24(32)30-20-11-12-22-21(15-20)16(3)13-23(31-22)29-19-10-6-9-18(14-19)25(26,27)28/h6,9-15,17H,4-5,7-8H2,1-3H3,(H,29,31)(H,30,32). The number of fused-ring (bicyclic) bond motifs is 1. The van der Waals surface area contributed by atoms with Crippen molar-refractivity contribution in [1.29, 1.82) is 0 Å². The molecule has 4 nitrogen and oxygen atoms in total. The van der Waals surface area contributed by atoms with E-state index in [0.29, 0.717) is 22.7 Å². The number of amides is 1. The molecule has 0 saturated carbocycles. The van der Waals surface area contributed by atoms with Crippen LogP contribution in [0.3, 0.4) is 0 Å². The second-order valence-corrected chi connectivity index (χ2v) is 8.02. The molecular weight excluding hydrogens is 415 g/mol. The van der Waals surface area contributed by atoms with Crippen LogP contribution in [-0.2, 0) is 11.0 Å². The van der Waals surface area contributed by atoms with Crippen LogP contribution in [0.2, 0.25) is 0 Å². The molecule has 1 aromatic heterocycles. The Morgan fingerprint density at radius 2 is 1.72 bits per heavy atom. The number of aryl methyl sites for hydroxylation is 1. The van der Waals surface area contributed by atoms with E-state index in [0.717, 1.165) is 48.8 Å². The van der Waals surface area contributed by atoms with Crippen molar-refractivity contribution >= 4 is 34.0 Å². The van der Waals surface area contributed by atoms with Crippen molar-refractivity contribution in [2.45, 2.75) is 52.6 Å². The first kappa shape index (κ1) is 23.6. The summed E-state index contributed by atoms with van der Waals surface area (Å²) in [5, 5.41) is 6.85. The van der Waals surface area contributed by atoms with Gasteiger partial charge in [0.15, 0.2) is 0 Å². The number of hydrogen-bond acceptors (Lipinski definition) is 3. The highest BCUT2D eigenvalue weighted by Crippen LogP contribution is 2.32. The molecule has 170 valence electrons. The van der Waals surface area contributed by atoms with Crippen LogP contribution in [0.25, 0.3) is 10.9 Å². The van der Waals surface area contributed by atoms with Crippen LogP contribution < -0.4 is 10.6 Å². The number of hydrogen-bond donors (Lipinski definition) is 2. The summed E-state index contributed by atoms with van der Waals surface area (Å²) < 4.78 is 38.9. The highest BCUT2D eigenvalue weighted by molar-refractivity contribution is 5.96. The smallest absolute Gasteiger partial charge is 0.340 e. The van der Waals surface area contributed by atoms with Crippen molar-refractivity contribution in [2.75, 3.05) is 10.6 Å². The van der Waals surface area contributed by atoms with E-state index in [1.165, 1.54) is 6.07 Å². The first-order valence-corrected chi connectivity index (χ1v) is 10.9. The lowest BCUT2D eigenvalue weighted by Gasteiger charge is -2.16. The maximum absolute atomic E-state index is 13.0. The van der Waals surface area contributed by atoms with Gasteiger partial charge in [0.25, 0.3) is 0 Å². The summed E-state index contributed by atoms with van der Waals surface area (Å²) in [6.07, 6.45) is -0.768. The van der Waals surface area contributed by atoms with Crippen LogP contribution in [0.4, 0.5) is 30.4 Å². The van der Waals surface area contributed by atoms with Gasteiger partial charge in [0.2, 0.25) is 5.91 Å². The molecule has 7 heteroatoms. The van der Waals surface area contributed by atoms with E-state index in [1.54, 1.807) is 18.2 Å². The van der Waals surface area contributed by atoms with E-state index in [1.807, 2.05) is 19.1 Å². The van der Waals surface area contributed by atoms with Crippen LogP contribution >= 0.6 is 0 Å². The number of carbonyl (C=O) groups excluding carboxylic acids is 1. The first-order chi connectivity index (χ1) is 15.2. The lowest BCUT2D eigenvalue weighted by Crippen LogP contribution is -2.22. The molecule has 0 aliphatic rings. The van der Waals surface area contributed by atoms with Crippen molar-refractivity contribution in [3.63, 3.8) is 0 Å². The van der Waals surface area contributed by atoms with E-state index in [9.17, 15) is 18.0 Å². The summed E-state index contributed by atoms with van der Waals surface area (Å²) in [7, 11) is 0. The maximum atomic E-state index is 13.0. The van der Waals surface area contributed by atoms with Gasteiger partial charge in [0.1, 0.15) is 5.82 Å². The summed E-state index contributed by atoms with van der Waals surface area (Å²) in [6, 6.07) is 12.3. The number of anilines is 3. The number of alkyl halides is 3. The molecule has 0 aliphatic carbocycles. The fourth-order valence-corrected chi connectivity index (χ4v) is 3.80. The molecule has 1 amide bonds. The van der Waals surface area contributed by atoms with Gasteiger partial charge in [-0.1, -0.05) is 32.8 Å². The van der Waals surface area contributed by atoms with Crippen molar-refractivity contribution in [3.8, 4) is 0 Å². The molecule has 2 N–H and O–H groups in total. The van der Waals surface area contributed by atoms with Gasteiger partial charge in [-0.15, -0.1) is 0 Å². The number of pyridine rings is 1. The van der Waals surface area contributed by atoms with Gasteiger partial charge in [-0.2, -0.15) is 13.2 Å². The molecule has 3 aromatic rings. The number of aromatic nitrogens is 1. The monoisotopic (exact) mass is 443 g/mol. The third-order valence-corrected chi connectivity index (χ3v) is 5.39. The second kappa shape index (κ2) is 10.0. The molecule has 1 heterocycles. The number of carbonyl (C=O) groups is 1. The van der Waals surface area contributed by atoms with E-state index in [2.05, 4.69) is 29.5 Å². The largest absolute Gasteiger partial charge is 0.416 e. The molecule has 2 aromatic carbocycles. The maximum Gasteiger partial charge on any atom is 0.416 e. The minimum atomic E-state index is -4.40. The van der Waals surface area contributed by atoms with Gasteiger partial charge in [-0.05, 0) is 67.8 Å². The molecular formula is C25H28F3N3O. The second-order valence-electron chi connectivity index (χ2n) is 8.02. The third-order valence-electron chi connectivity index (χ3n) is 5.39. The van der Waals surface area contributed by atoms with Crippen LogP contribution in [0, 0.1) is 12.8 Å². The predicted molar refractivity (Wildman–Crippen MR) is 123 cm³/mol. The lowest BCUT2D eigenvalue weighted by molar-refractivity contribution is -0.137. The molecule has 32 heavy (non-hydrogen) atoms. The molecule has 0 unspecified atom stereocenters. The Labute approximate surface area is 186 Å². The number of benzene rings is 2. The highest BCUT2D eigenvalue weighted by Gasteiger charge is 2.30. The third kappa shape index (κ3) is 5.78. The SMILES string of the molecule is CCCC(CCC)C(=O)Nc1ccc2nc(Nc3cccc(C(F)(F)F)c3)cc(C)c2c1. The van der Waals surface area contributed by atoms with E-state index in [-0.39, 0.29) is 11.8 Å². The van der Waals surface area contributed by atoms with Crippen LogP contribution in [0.1, 0.15) is 50.7 Å². The van der Waals surface area contributed by atoms with Crippen molar-refractivity contribution in [2.24, 2.45) is 5.92 Å². The Morgan fingerprint density at radius 3 is 2.38 bits per heavy atom. The molecule has 0 atom stereocenters. The average molecular weight is 444 g/mol. The first-order valence-electron chi connectivity index (χ1n) is 10.9. The van der Waals surface area contributed by atoms with Crippen molar-refractivity contribution in [3.05, 3.63) is 59.7 Å². The topological polar surface area (TPSA) is 54.0 Å². The minimum Gasteiger partial charge on any atom is -0.340 e.